The van der Waals surface area contributed by atoms with Crippen molar-refractivity contribution >= 4 is 0 Å². The molecule has 0 aromatic heterocycles. The largest absolute Gasteiger partial charge is 0.0561 e. The second-order valence-corrected chi connectivity index (χ2v) is 12.1. The van der Waals surface area contributed by atoms with Crippen molar-refractivity contribution in [3.8, 4) is 0 Å². The Labute approximate surface area is 232 Å². The van der Waals surface area contributed by atoms with Gasteiger partial charge in [-0.15, -0.1) is 0 Å². The first-order chi connectivity index (χ1) is 17.8. The molecule has 0 nitrogen and oxygen atoms in total. The summed E-state index contributed by atoms with van der Waals surface area (Å²) in [6.45, 7) is 25.0. The number of aryl methyl sites for hydroxylation is 6. The fourth-order valence-corrected chi connectivity index (χ4v) is 6.26. The van der Waals surface area contributed by atoms with Gasteiger partial charge in [0.25, 0.3) is 0 Å². The van der Waals surface area contributed by atoms with Gasteiger partial charge in [-0.2, -0.15) is 0 Å². The summed E-state index contributed by atoms with van der Waals surface area (Å²) in [5.74, 6) is 0. The molecule has 4 rings (SSSR count). The summed E-state index contributed by atoms with van der Waals surface area (Å²) in [6.07, 6.45) is 2.96. The Balaban J connectivity index is 1.90. The molecule has 0 radical (unpaired) electrons. The van der Waals surface area contributed by atoms with Gasteiger partial charge in [0.15, 0.2) is 0 Å². The van der Waals surface area contributed by atoms with Crippen LogP contribution in [0, 0.1) is 76.2 Å². The molecule has 0 saturated carbocycles. The Hall–Kier alpha value is -3.12. The predicted molar refractivity (Wildman–Crippen MR) is 166 cm³/mol. The summed E-state index contributed by atoms with van der Waals surface area (Å²) in [5.41, 5.74) is 24.2. The summed E-state index contributed by atoms with van der Waals surface area (Å²) < 4.78 is 0. The maximum atomic E-state index is 2.52. The average Bonchev–Trinajstić information content (AvgIpc) is 2.83. The number of hydrogen-bond acceptors (Lipinski definition) is 0. The van der Waals surface area contributed by atoms with E-state index in [9.17, 15) is 0 Å². The molecule has 0 bridgehead atoms. The molecule has 0 aliphatic rings. The number of benzene rings is 4. The van der Waals surface area contributed by atoms with Gasteiger partial charge in [0, 0.05) is 0 Å². The number of hydrogen-bond donors (Lipinski definition) is 0. The van der Waals surface area contributed by atoms with Gasteiger partial charge in [0.2, 0.25) is 0 Å². The van der Waals surface area contributed by atoms with Crippen molar-refractivity contribution in [1.82, 2.24) is 0 Å². The van der Waals surface area contributed by atoms with E-state index in [0.29, 0.717) is 0 Å². The van der Waals surface area contributed by atoms with E-state index >= 15 is 0 Å². The van der Waals surface area contributed by atoms with Crippen molar-refractivity contribution in [3.05, 3.63) is 137 Å². The predicted octanol–water partition coefficient (Wildman–Crippen LogP) is 9.85. The second-order valence-electron chi connectivity index (χ2n) is 12.1. The molecule has 0 amide bonds. The Morgan fingerprint density at radius 3 is 0.947 bits per heavy atom. The molecule has 4 aromatic rings. The first kappa shape index (κ1) is 27.9. The highest BCUT2D eigenvalue weighted by Crippen LogP contribution is 2.32. The van der Waals surface area contributed by atoms with Crippen LogP contribution in [0.1, 0.15) is 94.6 Å². The van der Waals surface area contributed by atoms with E-state index in [4.69, 9.17) is 0 Å². The fraction of sp³-hybridized carbons (Fsp3) is 0.368. The van der Waals surface area contributed by atoms with Crippen LogP contribution in [0.25, 0.3) is 0 Å². The van der Waals surface area contributed by atoms with Crippen molar-refractivity contribution in [2.75, 3.05) is 0 Å². The lowest BCUT2D eigenvalue weighted by Gasteiger charge is -2.22. The lowest BCUT2D eigenvalue weighted by molar-refractivity contribution is 1.00. The van der Waals surface area contributed by atoms with Crippen molar-refractivity contribution in [2.24, 2.45) is 0 Å². The maximum Gasteiger partial charge on any atom is -0.00175 e. The molecule has 0 fully saturated rings. The van der Waals surface area contributed by atoms with Crippen LogP contribution in [0.5, 0.6) is 0 Å². The van der Waals surface area contributed by atoms with Gasteiger partial charge in [-0.3, -0.25) is 0 Å². The molecule has 198 valence electrons. The quantitative estimate of drug-likeness (QED) is 0.246. The van der Waals surface area contributed by atoms with Crippen molar-refractivity contribution in [3.63, 3.8) is 0 Å². The van der Waals surface area contributed by atoms with Gasteiger partial charge in [0.05, 0.1) is 0 Å². The lowest BCUT2D eigenvalue weighted by Crippen LogP contribution is -2.08. The minimum atomic E-state index is 0.984. The lowest BCUT2D eigenvalue weighted by atomic mass is 9.83. The van der Waals surface area contributed by atoms with Gasteiger partial charge in [-0.25, -0.2) is 0 Å². The third kappa shape index (κ3) is 5.65. The second kappa shape index (κ2) is 10.9. The van der Waals surface area contributed by atoms with Crippen molar-refractivity contribution < 1.29 is 0 Å². The van der Waals surface area contributed by atoms with Crippen LogP contribution in [0.4, 0.5) is 0 Å². The van der Waals surface area contributed by atoms with Gasteiger partial charge < -0.3 is 0 Å². The van der Waals surface area contributed by atoms with Crippen LogP contribution in [0.2, 0.25) is 0 Å². The van der Waals surface area contributed by atoms with E-state index in [2.05, 4.69) is 119 Å². The van der Waals surface area contributed by atoms with E-state index in [-0.39, 0.29) is 0 Å². The summed E-state index contributed by atoms with van der Waals surface area (Å²) in [6, 6.07) is 16.6. The number of rotatable bonds is 6. The van der Waals surface area contributed by atoms with E-state index in [0.717, 1.165) is 19.3 Å². The molecule has 0 saturated heterocycles. The van der Waals surface area contributed by atoms with Gasteiger partial charge in [-0.05, 0) is 173 Å². The maximum absolute atomic E-state index is 2.52. The Morgan fingerprint density at radius 2 is 0.605 bits per heavy atom. The zero-order valence-corrected chi connectivity index (χ0v) is 25.7. The van der Waals surface area contributed by atoms with E-state index in [1.54, 1.807) is 0 Å². The minimum Gasteiger partial charge on any atom is -0.0561 e. The zero-order valence-electron chi connectivity index (χ0n) is 25.7. The molecule has 0 aliphatic heterocycles. The van der Waals surface area contributed by atoms with Crippen LogP contribution in [0.15, 0.2) is 42.5 Å². The Morgan fingerprint density at radius 1 is 0.316 bits per heavy atom. The SMILES string of the molecule is Cc1cc(C)c(C)c(Cc2cc(Cc3cc(C)cc(C)c3C)c(C)c(Cc3cc(C)cc(C)c3C)c2C)c1. The summed E-state index contributed by atoms with van der Waals surface area (Å²) in [4.78, 5) is 0. The van der Waals surface area contributed by atoms with E-state index in [1.165, 1.54) is 94.6 Å². The molecule has 0 heterocycles. The average molecular weight is 503 g/mol. The van der Waals surface area contributed by atoms with Crippen LogP contribution in [-0.4, -0.2) is 0 Å². The van der Waals surface area contributed by atoms with Crippen molar-refractivity contribution in [2.45, 2.75) is 95.4 Å². The van der Waals surface area contributed by atoms with Crippen LogP contribution < -0.4 is 0 Å². The standard InChI is InChI=1S/C38H46/c1-22-12-25(4)28(7)33(15-22)18-36-20-37(19-34-16-23(2)13-26(5)29(34)8)32(11)38(31(36)10)21-35-17-24(3)14-27(6)30(35)9/h12-17,20H,18-19,21H2,1-11H3. The normalized spacial score (nSPS) is 11.3. The fourth-order valence-electron chi connectivity index (χ4n) is 6.26. The van der Waals surface area contributed by atoms with Gasteiger partial charge in [0.1, 0.15) is 0 Å². The smallest absolute Gasteiger partial charge is 0.00175 e. The molecule has 0 unspecified atom stereocenters. The van der Waals surface area contributed by atoms with Crippen molar-refractivity contribution in [1.29, 1.82) is 0 Å². The van der Waals surface area contributed by atoms with Crippen LogP contribution in [0.3, 0.4) is 0 Å². The third-order valence-electron chi connectivity index (χ3n) is 9.10. The summed E-state index contributed by atoms with van der Waals surface area (Å²) in [7, 11) is 0. The highest BCUT2D eigenvalue weighted by atomic mass is 14.2. The Kier molecular flexibility index (Phi) is 8.03. The first-order valence-electron chi connectivity index (χ1n) is 14.2. The first-order valence-corrected chi connectivity index (χ1v) is 14.2. The monoisotopic (exact) mass is 502 g/mol. The molecule has 0 atom stereocenters. The minimum absolute atomic E-state index is 0.984. The van der Waals surface area contributed by atoms with Gasteiger partial charge in [-0.1, -0.05) is 59.2 Å². The molecule has 0 spiro atoms. The highest BCUT2D eigenvalue weighted by Gasteiger charge is 2.17. The van der Waals surface area contributed by atoms with Crippen LogP contribution in [-0.2, 0) is 19.3 Å². The highest BCUT2D eigenvalue weighted by molar-refractivity contribution is 5.53. The molecular weight excluding hydrogens is 456 g/mol. The summed E-state index contributed by atoms with van der Waals surface area (Å²) >= 11 is 0. The molecule has 38 heavy (non-hydrogen) atoms. The molecule has 0 heteroatoms. The van der Waals surface area contributed by atoms with Gasteiger partial charge >= 0.3 is 0 Å². The van der Waals surface area contributed by atoms with E-state index < -0.39 is 0 Å². The van der Waals surface area contributed by atoms with Crippen LogP contribution >= 0.6 is 0 Å². The third-order valence-corrected chi connectivity index (χ3v) is 9.10. The summed E-state index contributed by atoms with van der Waals surface area (Å²) in [5, 5.41) is 0. The Bertz CT molecular complexity index is 1440. The molecule has 0 aliphatic carbocycles. The molecule has 4 aromatic carbocycles. The molecular formula is C38H46. The molecule has 0 N–H and O–H groups in total. The topological polar surface area (TPSA) is 0 Å². The zero-order chi connectivity index (χ0) is 27.9. The van der Waals surface area contributed by atoms with E-state index in [1.807, 2.05) is 0 Å².